The first-order valence-corrected chi connectivity index (χ1v) is 14.6. The van der Waals surface area contributed by atoms with E-state index in [0.29, 0.717) is 37.7 Å². The van der Waals surface area contributed by atoms with Gasteiger partial charge in [-0.1, -0.05) is 104 Å². The van der Waals surface area contributed by atoms with Crippen LogP contribution in [0.5, 0.6) is 11.5 Å². The molecule has 0 bridgehead atoms. The van der Waals surface area contributed by atoms with Crippen molar-refractivity contribution in [1.29, 1.82) is 0 Å². The maximum absolute atomic E-state index is 12.7. The van der Waals surface area contributed by atoms with E-state index in [1.165, 1.54) is 70.6 Å². The van der Waals surface area contributed by atoms with Crippen molar-refractivity contribution in [2.75, 3.05) is 19.8 Å². The van der Waals surface area contributed by atoms with E-state index in [1.54, 1.807) is 0 Å². The summed E-state index contributed by atoms with van der Waals surface area (Å²) in [7, 11) is 0. The molecule has 6 heteroatoms. The molecular formula is C30H52N2O4. The van der Waals surface area contributed by atoms with Crippen molar-refractivity contribution < 1.29 is 19.4 Å². The van der Waals surface area contributed by atoms with Crippen LogP contribution in [0.2, 0.25) is 0 Å². The molecule has 0 fully saturated rings. The molecule has 1 heterocycles. The van der Waals surface area contributed by atoms with Crippen LogP contribution in [-0.4, -0.2) is 42.9 Å². The molecule has 1 aliphatic heterocycles. The molecule has 3 N–H and O–H groups in total. The van der Waals surface area contributed by atoms with Crippen LogP contribution in [-0.2, 0) is 4.79 Å². The lowest BCUT2D eigenvalue weighted by Crippen LogP contribution is -2.47. The van der Waals surface area contributed by atoms with Gasteiger partial charge >= 0.3 is 0 Å². The Bertz CT molecular complexity index is 725. The van der Waals surface area contributed by atoms with Crippen LogP contribution in [0, 0.1) is 0 Å². The molecule has 0 aliphatic carbocycles. The molecule has 6 nitrogen and oxygen atoms in total. The summed E-state index contributed by atoms with van der Waals surface area (Å²) in [6.07, 6.45) is 16.4. The van der Waals surface area contributed by atoms with Crippen LogP contribution >= 0.6 is 0 Å². The molecule has 0 saturated heterocycles. The van der Waals surface area contributed by atoms with E-state index in [9.17, 15) is 9.90 Å². The fourth-order valence-corrected chi connectivity index (χ4v) is 4.66. The van der Waals surface area contributed by atoms with E-state index in [1.807, 2.05) is 18.2 Å². The predicted octanol–water partition coefficient (Wildman–Crippen LogP) is 6.46. The minimum Gasteiger partial charge on any atom is -0.486 e. The summed E-state index contributed by atoms with van der Waals surface area (Å²) in [6.45, 7) is 7.91. The zero-order valence-corrected chi connectivity index (χ0v) is 23.2. The van der Waals surface area contributed by atoms with Gasteiger partial charge in [-0.25, -0.2) is 0 Å². The number of rotatable bonds is 20. The smallest absolute Gasteiger partial charge is 0.220 e. The Morgan fingerprint density at radius 3 is 2.00 bits per heavy atom. The highest BCUT2D eigenvalue weighted by atomic mass is 16.6. The van der Waals surface area contributed by atoms with Crippen molar-refractivity contribution in [2.24, 2.45) is 0 Å². The van der Waals surface area contributed by atoms with Crippen LogP contribution in [0.1, 0.15) is 122 Å². The normalized spacial score (nSPS) is 14.6. The SMILES string of the molecule is CCCCCCCCCCCCCCCC(=O)N[C@H](CNC(C)C)[C@@H](O)c1ccc2c(c1)OCCO2. The number of nitrogens with one attached hydrogen (secondary N) is 2. The number of hydrogen-bond acceptors (Lipinski definition) is 5. The van der Waals surface area contributed by atoms with Crippen molar-refractivity contribution in [3.8, 4) is 11.5 Å². The first-order chi connectivity index (χ1) is 17.5. The largest absolute Gasteiger partial charge is 0.486 e. The summed E-state index contributed by atoms with van der Waals surface area (Å²) in [4.78, 5) is 12.7. The second-order valence-electron chi connectivity index (χ2n) is 10.6. The fraction of sp³-hybridized carbons (Fsp3) is 0.767. The summed E-state index contributed by atoms with van der Waals surface area (Å²) in [5.41, 5.74) is 0.719. The molecule has 0 radical (unpaired) electrons. The number of aliphatic hydroxyl groups excluding tert-OH is 1. The van der Waals surface area contributed by atoms with Gasteiger partial charge in [0.2, 0.25) is 5.91 Å². The van der Waals surface area contributed by atoms with Crippen LogP contribution in [0.4, 0.5) is 0 Å². The predicted molar refractivity (Wildman–Crippen MR) is 148 cm³/mol. The molecule has 0 unspecified atom stereocenters. The zero-order valence-electron chi connectivity index (χ0n) is 23.2. The van der Waals surface area contributed by atoms with Gasteiger partial charge in [-0.05, 0) is 24.1 Å². The number of amides is 1. The van der Waals surface area contributed by atoms with Crippen molar-refractivity contribution in [3.63, 3.8) is 0 Å². The Labute approximate surface area is 219 Å². The standard InChI is InChI=1S/C30H52N2O4/c1-4-5-6-7-8-9-10-11-12-13-14-15-16-17-29(33)32-26(23-31-24(2)3)30(34)25-18-19-27-28(22-25)36-21-20-35-27/h18-19,22,24,26,30-31,34H,4-17,20-21,23H2,1-3H3,(H,32,33)/t26-,30+/m1/s1. The number of ether oxygens (including phenoxy) is 2. The topological polar surface area (TPSA) is 79.8 Å². The summed E-state index contributed by atoms with van der Waals surface area (Å²) in [5, 5.41) is 17.5. The minimum absolute atomic E-state index is 0.00484. The van der Waals surface area contributed by atoms with E-state index in [4.69, 9.17) is 9.47 Å². The molecule has 206 valence electrons. The molecule has 0 saturated carbocycles. The van der Waals surface area contributed by atoms with Gasteiger partial charge < -0.3 is 25.2 Å². The van der Waals surface area contributed by atoms with E-state index in [0.717, 1.165) is 18.4 Å². The van der Waals surface area contributed by atoms with Gasteiger partial charge in [-0.15, -0.1) is 0 Å². The molecule has 1 aliphatic rings. The Kier molecular flexibility index (Phi) is 15.6. The number of hydrogen-bond donors (Lipinski definition) is 3. The summed E-state index contributed by atoms with van der Waals surface area (Å²) in [5.74, 6) is 1.34. The van der Waals surface area contributed by atoms with E-state index in [-0.39, 0.29) is 11.9 Å². The Morgan fingerprint density at radius 2 is 1.42 bits per heavy atom. The molecule has 1 aromatic rings. The zero-order chi connectivity index (χ0) is 26.0. The van der Waals surface area contributed by atoms with E-state index in [2.05, 4.69) is 31.4 Å². The summed E-state index contributed by atoms with van der Waals surface area (Å²) in [6, 6.07) is 5.34. The molecule has 36 heavy (non-hydrogen) atoms. The Balaban J connectivity index is 1.65. The molecular weight excluding hydrogens is 452 g/mol. The molecule has 0 aromatic heterocycles. The average Bonchev–Trinajstić information content (AvgIpc) is 2.88. The van der Waals surface area contributed by atoms with Gasteiger partial charge in [-0.3, -0.25) is 4.79 Å². The maximum Gasteiger partial charge on any atom is 0.220 e. The van der Waals surface area contributed by atoms with Gasteiger partial charge in [0.25, 0.3) is 0 Å². The monoisotopic (exact) mass is 504 g/mol. The van der Waals surface area contributed by atoms with Gasteiger partial charge in [0, 0.05) is 19.0 Å². The van der Waals surface area contributed by atoms with Crippen LogP contribution in [0.15, 0.2) is 18.2 Å². The lowest BCUT2D eigenvalue weighted by atomic mass is 10.0. The third-order valence-corrected chi connectivity index (χ3v) is 6.89. The number of fused-ring (bicyclic) bond motifs is 1. The van der Waals surface area contributed by atoms with Crippen molar-refractivity contribution in [2.45, 2.75) is 129 Å². The molecule has 0 spiro atoms. The second-order valence-corrected chi connectivity index (χ2v) is 10.6. The Hall–Kier alpha value is -1.79. The number of carbonyl (C=O) groups is 1. The van der Waals surface area contributed by atoms with Gasteiger partial charge in [0.15, 0.2) is 11.5 Å². The highest BCUT2D eigenvalue weighted by molar-refractivity contribution is 5.76. The summed E-state index contributed by atoms with van der Waals surface area (Å²) >= 11 is 0. The highest BCUT2D eigenvalue weighted by Crippen LogP contribution is 2.33. The van der Waals surface area contributed by atoms with Crippen molar-refractivity contribution in [3.05, 3.63) is 23.8 Å². The third-order valence-electron chi connectivity index (χ3n) is 6.89. The minimum atomic E-state index is -0.831. The summed E-state index contributed by atoms with van der Waals surface area (Å²) < 4.78 is 11.3. The highest BCUT2D eigenvalue weighted by Gasteiger charge is 2.25. The van der Waals surface area contributed by atoms with Gasteiger partial charge in [-0.2, -0.15) is 0 Å². The molecule has 1 aromatic carbocycles. The lowest BCUT2D eigenvalue weighted by molar-refractivity contribution is -0.122. The van der Waals surface area contributed by atoms with Crippen LogP contribution < -0.4 is 20.1 Å². The molecule has 1 amide bonds. The van der Waals surface area contributed by atoms with E-state index >= 15 is 0 Å². The molecule has 2 rings (SSSR count). The van der Waals surface area contributed by atoms with Gasteiger partial charge in [0.1, 0.15) is 19.3 Å². The Morgan fingerprint density at radius 1 is 0.861 bits per heavy atom. The third kappa shape index (κ3) is 12.4. The van der Waals surface area contributed by atoms with Gasteiger partial charge in [0.05, 0.1) is 6.04 Å². The number of benzene rings is 1. The number of unbranched alkanes of at least 4 members (excludes halogenated alkanes) is 12. The van der Waals surface area contributed by atoms with E-state index < -0.39 is 12.1 Å². The first-order valence-electron chi connectivity index (χ1n) is 14.6. The average molecular weight is 505 g/mol. The lowest BCUT2D eigenvalue weighted by Gasteiger charge is -2.27. The van der Waals surface area contributed by atoms with Crippen LogP contribution in [0.3, 0.4) is 0 Å². The fourth-order valence-electron chi connectivity index (χ4n) is 4.66. The molecule has 2 atom stereocenters. The van der Waals surface area contributed by atoms with Crippen molar-refractivity contribution >= 4 is 5.91 Å². The number of aliphatic hydroxyl groups is 1. The quantitative estimate of drug-likeness (QED) is 0.178. The number of carbonyl (C=O) groups excluding carboxylic acids is 1. The van der Waals surface area contributed by atoms with Crippen LogP contribution in [0.25, 0.3) is 0 Å². The maximum atomic E-state index is 12.7. The first kappa shape index (κ1) is 30.4. The van der Waals surface area contributed by atoms with Crippen molar-refractivity contribution in [1.82, 2.24) is 10.6 Å². The second kappa shape index (κ2) is 18.5.